The zero-order valence-corrected chi connectivity index (χ0v) is 19.1. The number of benzene rings is 2. The number of nitrogens with one attached hydrogen (secondary N) is 1. The number of H-pyrrole nitrogens is 1. The molecule has 2 aliphatic rings. The average Bonchev–Trinajstić information content (AvgIpc) is 3.03. The number of aromatic amines is 1. The lowest BCUT2D eigenvalue weighted by Gasteiger charge is -2.40. The fourth-order valence-corrected chi connectivity index (χ4v) is 5.06. The van der Waals surface area contributed by atoms with E-state index >= 15 is 0 Å². The summed E-state index contributed by atoms with van der Waals surface area (Å²) in [4.78, 5) is 24.8. The molecule has 2 aliphatic heterocycles. The van der Waals surface area contributed by atoms with Crippen molar-refractivity contribution < 1.29 is 13.9 Å². The zero-order chi connectivity index (χ0) is 23.1. The monoisotopic (exact) mass is 448 g/mol. The normalized spacial score (nSPS) is 21.0. The number of allylic oxidation sites excluding steroid dienone is 1. The number of fused-ring (bicyclic) bond motifs is 2. The molecule has 1 N–H and O–H groups in total. The Bertz CT molecular complexity index is 1220. The molecule has 5 rings (SSSR count). The molecule has 33 heavy (non-hydrogen) atoms. The average molecular weight is 449 g/mol. The molecule has 0 aliphatic carbocycles. The number of rotatable bonds is 2. The number of piperidine rings is 1. The second-order valence-corrected chi connectivity index (χ2v) is 9.17. The maximum absolute atomic E-state index is 13.5. The molecule has 172 valence electrons. The summed E-state index contributed by atoms with van der Waals surface area (Å²) in [5.41, 5.74) is 5.74. The van der Waals surface area contributed by atoms with Crippen LogP contribution in [0.1, 0.15) is 31.2 Å². The van der Waals surface area contributed by atoms with Crippen molar-refractivity contribution in [3.05, 3.63) is 60.1 Å². The standard InChI is InChI=1S/C26H29FN4O2/c1-16-10-19(14-27)11-17(2)31(16)26(32)30-8-9-33-25-7-5-20(12-22(25)15-30)21-4-6-23-24(13-21)29-18(3)28-23/h4-7,12-13,17,19H,1,8-11,14-15H2,2-3H3,(H,28,29). The van der Waals surface area contributed by atoms with Crippen LogP contribution in [0.15, 0.2) is 48.7 Å². The van der Waals surface area contributed by atoms with Crippen LogP contribution in [0.2, 0.25) is 0 Å². The Morgan fingerprint density at radius 3 is 2.85 bits per heavy atom. The van der Waals surface area contributed by atoms with Crippen molar-refractivity contribution in [1.82, 2.24) is 19.8 Å². The molecule has 0 radical (unpaired) electrons. The van der Waals surface area contributed by atoms with Crippen molar-refractivity contribution >= 4 is 17.1 Å². The highest BCUT2D eigenvalue weighted by Crippen LogP contribution is 2.34. The largest absolute Gasteiger partial charge is 0.491 e. The van der Waals surface area contributed by atoms with Crippen molar-refractivity contribution in [1.29, 1.82) is 0 Å². The Hall–Kier alpha value is -3.35. The number of imidazole rings is 1. The Morgan fingerprint density at radius 1 is 1.27 bits per heavy atom. The van der Waals surface area contributed by atoms with Crippen LogP contribution in [-0.2, 0) is 6.54 Å². The number of likely N-dealkylation sites (tertiary alicyclic amines) is 1. The van der Waals surface area contributed by atoms with E-state index in [4.69, 9.17) is 4.74 Å². The highest BCUT2D eigenvalue weighted by Gasteiger charge is 2.34. The number of ether oxygens (including phenoxy) is 1. The number of aromatic nitrogens is 2. The Kier molecular flexibility index (Phi) is 5.56. The second-order valence-electron chi connectivity index (χ2n) is 9.17. The third kappa shape index (κ3) is 4.08. The lowest BCUT2D eigenvalue weighted by atomic mass is 9.91. The van der Waals surface area contributed by atoms with E-state index in [0.717, 1.165) is 39.3 Å². The predicted molar refractivity (Wildman–Crippen MR) is 127 cm³/mol. The summed E-state index contributed by atoms with van der Waals surface area (Å²) in [7, 11) is 0. The van der Waals surface area contributed by atoms with Gasteiger partial charge in [0.15, 0.2) is 0 Å². The van der Waals surface area contributed by atoms with Crippen LogP contribution < -0.4 is 4.74 Å². The zero-order valence-electron chi connectivity index (χ0n) is 19.1. The van der Waals surface area contributed by atoms with Crippen molar-refractivity contribution in [3.8, 4) is 16.9 Å². The maximum atomic E-state index is 13.5. The van der Waals surface area contributed by atoms with Crippen molar-refractivity contribution in [2.45, 2.75) is 39.3 Å². The number of alkyl halides is 1. The molecule has 1 aromatic heterocycles. The number of hydrogen-bond donors (Lipinski definition) is 1. The van der Waals surface area contributed by atoms with Gasteiger partial charge in [-0.25, -0.2) is 9.78 Å². The Labute approximate surface area is 193 Å². The first-order valence-electron chi connectivity index (χ1n) is 11.5. The van der Waals surface area contributed by atoms with E-state index in [2.05, 4.69) is 34.7 Å². The molecular weight excluding hydrogens is 419 g/mol. The van der Waals surface area contributed by atoms with Crippen LogP contribution in [0, 0.1) is 12.8 Å². The molecule has 0 bridgehead atoms. The third-order valence-electron chi connectivity index (χ3n) is 6.65. The summed E-state index contributed by atoms with van der Waals surface area (Å²) >= 11 is 0. The first kappa shape index (κ1) is 21.5. The summed E-state index contributed by atoms with van der Waals surface area (Å²) < 4.78 is 19.2. The van der Waals surface area contributed by atoms with Crippen LogP contribution in [0.25, 0.3) is 22.2 Å². The summed E-state index contributed by atoms with van der Waals surface area (Å²) in [5, 5.41) is 0. The van der Waals surface area contributed by atoms with Gasteiger partial charge in [0.1, 0.15) is 18.2 Å². The Morgan fingerprint density at radius 2 is 2.06 bits per heavy atom. The van der Waals surface area contributed by atoms with Gasteiger partial charge in [0.05, 0.1) is 30.8 Å². The number of carbonyl (C=O) groups is 1. The minimum atomic E-state index is -0.372. The topological polar surface area (TPSA) is 61.5 Å². The van der Waals surface area contributed by atoms with Crippen molar-refractivity contribution in [2.75, 3.05) is 19.8 Å². The van der Waals surface area contributed by atoms with Gasteiger partial charge >= 0.3 is 6.03 Å². The fraction of sp³-hybridized carbons (Fsp3) is 0.385. The lowest BCUT2D eigenvalue weighted by Crippen LogP contribution is -2.49. The second kappa shape index (κ2) is 8.54. The minimum Gasteiger partial charge on any atom is -0.491 e. The maximum Gasteiger partial charge on any atom is 0.324 e. The molecule has 7 heteroatoms. The summed E-state index contributed by atoms with van der Waals surface area (Å²) in [6, 6.07) is 12.1. The number of carbonyl (C=O) groups excluding carboxylic acids is 1. The van der Waals surface area contributed by atoms with E-state index < -0.39 is 0 Å². The highest BCUT2D eigenvalue weighted by molar-refractivity contribution is 5.82. The number of halogens is 1. The number of hydrogen-bond acceptors (Lipinski definition) is 3. The van der Waals surface area contributed by atoms with Gasteiger partial charge in [-0.1, -0.05) is 18.7 Å². The van der Waals surface area contributed by atoms with Crippen LogP contribution in [0.4, 0.5) is 9.18 Å². The van der Waals surface area contributed by atoms with E-state index in [-0.39, 0.29) is 24.7 Å². The first-order chi connectivity index (χ1) is 15.9. The molecule has 2 aromatic carbocycles. The van der Waals surface area contributed by atoms with Gasteiger partial charge in [0, 0.05) is 17.3 Å². The SMILES string of the molecule is C=C1CC(CF)CC(C)N1C(=O)N1CCOc2ccc(-c3ccc4nc(C)[nH]c4c3)cc2C1. The van der Waals surface area contributed by atoms with Gasteiger partial charge in [-0.15, -0.1) is 0 Å². The molecule has 0 spiro atoms. The summed E-state index contributed by atoms with van der Waals surface area (Å²) in [5.74, 6) is 1.64. The molecule has 2 unspecified atom stereocenters. The van der Waals surface area contributed by atoms with E-state index in [1.165, 1.54) is 0 Å². The van der Waals surface area contributed by atoms with Crippen molar-refractivity contribution in [3.63, 3.8) is 0 Å². The van der Waals surface area contributed by atoms with E-state index in [1.54, 1.807) is 4.90 Å². The molecule has 3 heterocycles. The number of aryl methyl sites for hydroxylation is 1. The van der Waals surface area contributed by atoms with Gasteiger partial charge in [-0.2, -0.15) is 0 Å². The van der Waals surface area contributed by atoms with Gasteiger partial charge in [-0.05, 0) is 68.0 Å². The van der Waals surface area contributed by atoms with Crippen LogP contribution >= 0.6 is 0 Å². The molecule has 2 atom stereocenters. The van der Waals surface area contributed by atoms with E-state index in [0.29, 0.717) is 38.2 Å². The molecule has 6 nitrogen and oxygen atoms in total. The first-order valence-corrected chi connectivity index (χ1v) is 11.5. The molecule has 3 aromatic rings. The minimum absolute atomic E-state index is 0.0525. The van der Waals surface area contributed by atoms with Gasteiger partial charge < -0.3 is 14.6 Å². The molecule has 1 saturated heterocycles. The van der Waals surface area contributed by atoms with E-state index in [1.807, 2.05) is 36.9 Å². The number of nitrogens with zero attached hydrogens (tertiary/aromatic N) is 3. The van der Waals surface area contributed by atoms with Gasteiger partial charge in [-0.3, -0.25) is 9.29 Å². The van der Waals surface area contributed by atoms with Gasteiger partial charge in [0.2, 0.25) is 0 Å². The van der Waals surface area contributed by atoms with Crippen LogP contribution in [0.3, 0.4) is 0 Å². The number of amides is 2. The molecular formula is C26H29FN4O2. The summed E-state index contributed by atoms with van der Waals surface area (Å²) in [6.07, 6.45) is 1.18. The lowest BCUT2D eigenvalue weighted by molar-refractivity contribution is 0.119. The highest BCUT2D eigenvalue weighted by atomic mass is 19.1. The van der Waals surface area contributed by atoms with Crippen LogP contribution in [0.5, 0.6) is 5.75 Å². The molecule has 2 amide bonds. The quantitative estimate of drug-likeness (QED) is 0.568. The van der Waals surface area contributed by atoms with Crippen molar-refractivity contribution in [2.24, 2.45) is 5.92 Å². The van der Waals surface area contributed by atoms with E-state index in [9.17, 15) is 9.18 Å². The molecule has 1 fully saturated rings. The number of urea groups is 1. The Balaban J connectivity index is 1.41. The van der Waals surface area contributed by atoms with Crippen LogP contribution in [-0.4, -0.2) is 51.7 Å². The fourth-order valence-electron chi connectivity index (χ4n) is 5.06. The van der Waals surface area contributed by atoms with Gasteiger partial charge in [0.25, 0.3) is 0 Å². The smallest absolute Gasteiger partial charge is 0.324 e. The summed E-state index contributed by atoms with van der Waals surface area (Å²) in [6.45, 7) is 9.00. The molecule has 0 saturated carbocycles. The third-order valence-corrected chi connectivity index (χ3v) is 6.65. The predicted octanol–water partition coefficient (Wildman–Crippen LogP) is 5.44.